The predicted molar refractivity (Wildman–Crippen MR) is 129 cm³/mol. The van der Waals surface area contributed by atoms with E-state index in [2.05, 4.69) is 0 Å². The van der Waals surface area contributed by atoms with Crippen molar-refractivity contribution >= 4 is 27.5 Å². The molecule has 0 N–H and O–H groups in total. The van der Waals surface area contributed by atoms with Gasteiger partial charge in [-0.15, -0.1) is 0 Å². The van der Waals surface area contributed by atoms with Crippen molar-refractivity contribution in [1.82, 2.24) is 4.31 Å². The number of carbonyl (C=O) groups excluding carboxylic acids is 2. The summed E-state index contributed by atoms with van der Waals surface area (Å²) in [6, 6.07) is 18.1. The molecule has 0 radical (unpaired) electrons. The molecule has 0 spiro atoms. The highest BCUT2D eigenvalue weighted by molar-refractivity contribution is 7.89. The Labute approximate surface area is 208 Å². The number of hydrogen-bond acceptors (Lipinski definition) is 7. The van der Waals surface area contributed by atoms with Gasteiger partial charge in [0, 0.05) is 6.54 Å². The maximum atomic E-state index is 13.8. The number of benzene rings is 3. The fourth-order valence-corrected chi connectivity index (χ4v) is 5.79. The lowest BCUT2D eigenvalue weighted by Gasteiger charge is -2.27. The Morgan fingerprint density at radius 3 is 2.39 bits per heavy atom. The Hall–Kier alpha value is -4.20. The Morgan fingerprint density at radius 2 is 1.69 bits per heavy atom. The number of anilines is 1. The molecule has 3 aromatic carbocycles. The van der Waals surface area contributed by atoms with Crippen molar-refractivity contribution in [2.45, 2.75) is 30.8 Å². The summed E-state index contributed by atoms with van der Waals surface area (Å²) in [7, 11) is -4.17. The molecule has 1 unspecified atom stereocenters. The van der Waals surface area contributed by atoms with Crippen molar-refractivity contribution in [2.75, 3.05) is 11.7 Å². The molecule has 0 bridgehead atoms. The molecule has 2 aliphatic heterocycles. The summed E-state index contributed by atoms with van der Waals surface area (Å²) >= 11 is 0. The summed E-state index contributed by atoms with van der Waals surface area (Å²) in [6.45, 7) is 1.76. The van der Waals surface area contributed by atoms with Gasteiger partial charge in [-0.05, 0) is 61.0 Å². The zero-order valence-corrected chi connectivity index (χ0v) is 20.1. The summed E-state index contributed by atoms with van der Waals surface area (Å²) in [5, 5.41) is 9.04. The van der Waals surface area contributed by atoms with Gasteiger partial charge in [0.1, 0.15) is 6.04 Å². The molecular weight excluding hydrogens is 482 g/mol. The van der Waals surface area contributed by atoms with Crippen LogP contribution in [-0.4, -0.2) is 37.4 Å². The number of nitriles is 1. The van der Waals surface area contributed by atoms with Crippen LogP contribution in [0, 0.1) is 18.3 Å². The molecule has 2 amide bonds. The van der Waals surface area contributed by atoms with Crippen LogP contribution in [0.3, 0.4) is 0 Å². The van der Waals surface area contributed by atoms with Gasteiger partial charge in [0.25, 0.3) is 5.91 Å². The van der Waals surface area contributed by atoms with E-state index < -0.39 is 27.9 Å². The third-order valence-electron chi connectivity index (χ3n) is 6.13. The molecule has 3 aromatic rings. The second-order valence-corrected chi connectivity index (χ2v) is 10.4. The smallest absolute Gasteiger partial charge is 0.252 e. The van der Waals surface area contributed by atoms with Gasteiger partial charge in [0.2, 0.25) is 22.7 Å². The molecule has 0 aliphatic carbocycles. The van der Waals surface area contributed by atoms with Gasteiger partial charge in [-0.2, -0.15) is 9.57 Å². The van der Waals surface area contributed by atoms with Crippen LogP contribution in [0.2, 0.25) is 0 Å². The highest BCUT2D eigenvalue weighted by atomic mass is 32.2. The fraction of sp³-hybridized carbons (Fsp3) is 0.192. The molecule has 0 saturated carbocycles. The Morgan fingerprint density at radius 1 is 1.00 bits per heavy atom. The summed E-state index contributed by atoms with van der Waals surface area (Å²) in [5.41, 5.74) is 2.12. The van der Waals surface area contributed by atoms with Crippen LogP contribution in [-0.2, 0) is 26.2 Å². The number of fused-ring (bicyclic) bond motifs is 1. The summed E-state index contributed by atoms with van der Waals surface area (Å²) in [5.74, 6) is -0.148. The van der Waals surface area contributed by atoms with Crippen molar-refractivity contribution in [3.63, 3.8) is 0 Å². The molecule has 182 valence electrons. The van der Waals surface area contributed by atoms with Crippen LogP contribution in [0.15, 0.2) is 71.6 Å². The third-order valence-corrected chi connectivity index (χ3v) is 8.00. The average molecular weight is 504 g/mol. The van der Waals surface area contributed by atoms with E-state index in [-0.39, 0.29) is 30.3 Å². The standard InChI is InChI=1S/C26H21N3O6S/c1-17-2-9-21(10-3-17)36(32,33)28(15-19-6-11-23-24(12-19)35-16-34-23)22-13-25(30)29(26(22)31)20-7-4-18(14-27)5-8-20/h2-12,22H,13,15-16H2,1H3. The van der Waals surface area contributed by atoms with Crippen LogP contribution >= 0.6 is 0 Å². The molecular formula is C26H21N3O6S. The van der Waals surface area contributed by atoms with E-state index in [1.807, 2.05) is 13.0 Å². The maximum absolute atomic E-state index is 13.8. The first-order chi connectivity index (χ1) is 17.3. The number of nitrogens with zero attached hydrogens (tertiary/aromatic N) is 3. The van der Waals surface area contributed by atoms with Crippen molar-refractivity contribution in [1.29, 1.82) is 5.26 Å². The second-order valence-electron chi connectivity index (χ2n) is 8.50. The van der Waals surface area contributed by atoms with Crippen LogP contribution in [0.1, 0.15) is 23.1 Å². The fourth-order valence-electron chi connectivity index (χ4n) is 4.22. The largest absolute Gasteiger partial charge is 0.454 e. The molecule has 2 heterocycles. The quantitative estimate of drug-likeness (QED) is 0.475. The minimum atomic E-state index is -4.17. The Bertz CT molecular complexity index is 1490. The lowest BCUT2D eigenvalue weighted by molar-refractivity contribution is -0.122. The first-order valence-corrected chi connectivity index (χ1v) is 12.6. The normalized spacial score (nSPS) is 17.0. The monoisotopic (exact) mass is 503 g/mol. The number of imide groups is 1. The van der Waals surface area contributed by atoms with Crippen molar-refractivity contribution < 1.29 is 27.5 Å². The number of carbonyl (C=O) groups is 2. The van der Waals surface area contributed by atoms with E-state index in [9.17, 15) is 18.0 Å². The SMILES string of the molecule is Cc1ccc(S(=O)(=O)N(Cc2ccc3c(c2)OCO3)C2CC(=O)N(c3ccc(C#N)cc3)C2=O)cc1. The van der Waals surface area contributed by atoms with Crippen LogP contribution in [0.25, 0.3) is 0 Å². The van der Waals surface area contributed by atoms with Crippen LogP contribution in [0.5, 0.6) is 11.5 Å². The van der Waals surface area contributed by atoms with Gasteiger partial charge >= 0.3 is 0 Å². The van der Waals surface area contributed by atoms with Gasteiger partial charge in [0.05, 0.1) is 28.6 Å². The third kappa shape index (κ3) is 4.19. The second kappa shape index (κ2) is 9.11. The van der Waals surface area contributed by atoms with Crippen molar-refractivity contribution in [3.8, 4) is 17.6 Å². The zero-order chi connectivity index (χ0) is 25.4. The molecule has 1 fully saturated rings. The molecule has 5 rings (SSSR count). The topological polar surface area (TPSA) is 117 Å². The number of hydrogen-bond donors (Lipinski definition) is 0. The van der Waals surface area contributed by atoms with Gasteiger partial charge in [-0.25, -0.2) is 13.3 Å². The molecule has 36 heavy (non-hydrogen) atoms. The van der Waals surface area contributed by atoms with E-state index in [4.69, 9.17) is 14.7 Å². The lowest BCUT2D eigenvalue weighted by atomic mass is 10.1. The zero-order valence-electron chi connectivity index (χ0n) is 19.2. The lowest BCUT2D eigenvalue weighted by Crippen LogP contribution is -2.45. The van der Waals surface area contributed by atoms with Crippen molar-refractivity contribution in [2.24, 2.45) is 0 Å². The summed E-state index contributed by atoms with van der Waals surface area (Å²) in [6.07, 6.45) is -0.311. The van der Waals surface area contributed by atoms with E-state index in [0.29, 0.717) is 22.6 Å². The Kier molecular flexibility index (Phi) is 5.96. The summed E-state index contributed by atoms with van der Waals surface area (Å²) in [4.78, 5) is 27.5. The predicted octanol–water partition coefficient (Wildman–Crippen LogP) is 3.12. The molecule has 1 atom stereocenters. The minimum absolute atomic E-state index is 0.0194. The van der Waals surface area contributed by atoms with E-state index in [0.717, 1.165) is 14.8 Å². The first-order valence-electron chi connectivity index (χ1n) is 11.1. The Balaban J connectivity index is 1.53. The number of rotatable bonds is 6. The number of sulfonamides is 1. The van der Waals surface area contributed by atoms with Crippen LogP contribution in [0.4, 0.5) is 5.69 Å². The minimum Gasteiger partial charge on any atom is -0.454 e. The molecule has 10 heteroatoms. The molecule has 0 aromatic heterocycles. The highest BCUT2D eigenvalue weighted by Gasteiger charge is 2.47. The van der Waals surface area contributed by atoms with Crippen LogP contribution < -0.4 is 14.4 Å². The maximum Gasteiger partial charge on any atom is 0.252 e. The van der Waals surface area contributed by atoms with Gasteiger partial charge in [-0.3, -0.25) is 9.59 Å². The average Bonchev–Trinajstić information content (AvgIpc) is 3.46. The molecule has 2 aliphatic rings. The van der Waals surface area contributed by atoms with E-state index >= 15 is 0 Å². The number of amides is 2. The number of aryl methyl sites for hydroxylation is 1. The van der Waals surface area contributed by atoms with Gasteiger partial charge in [0.15, 0.2) is 11.5 Å². The van der Waals surface area contributed by atoms with E-state index in [1.165, 1.54) is 36.4 Å². The molecule has 1 saturated heterocycles. The first kappa shape index (κ1) is 23.5. The molecule has 9 nitrogen and oxygen atoms in total. The highest BCUT2D eigenvalue weighted by Crippen LogP contribution is 2.35. The van der Waals surface area contributed by atoms with Gasteiger partial charge in [-0.1, -0.05) is 23.8 Å². The number of ether oxygens (including phenoxy) is 2. The summed E-state index contributed by atoms with van der Waals surface area (Å²) < 4.78 is 39.4. The van der Waals surface area contributed by atoms with Gasteiger partial charge < -0.3 is 9.47 Å². The van der Waals surface area contributed by atoms with Crippen molar-refractivity contribution in [3.05, 3.63) is 83.4 Å². The van der Waals surface area contributed by atoms with E-state index in [1.54, 1.807) is 30.3 Å².